The Morgan fingerprint density at radius 3 is 2.22 bits per heavy atom. The van der Waals surface area contributed by atoms with Crippen LogP contribution in [0.5, 0.6) is 5.75 Å². The summed E-state index contributed by atoms with van der Waals surface area (Å²) in [5, 5.41) is 0. The summed E-state index contributed by atoms with van der Waals surface area (Å²) >= 11 is 0. The van der Waals surface area contributed by atoms with Gasteiger partial charge in [-0.25, -0.2) is 8.78 Å². The number of carbonyl (C=O) groups is 1. The Balaban J connectivity index is 3.29. The average Bonchev–Trinajstić information content (AvgIpc) is 2.22. The van der Waals surface area contributed by atoms with E-state index in [2.05, 4.69) is 0 Å². The highest BCUT2D eigenvalue weighted by molar-refractivity contribution is 6.00. The fourth-order valence-corrected chi connectivity index (χ4v) is 1.20. The van der Waals surface area contributed by atoms with Crippen LogP contribution in [0.3, 0.4) is 0 Å². The standard InChI is InChI=1S/C11H9F5O2/c1-5(2)18-9-7(12)4-3-6(8(9)13)10(17)11(14,15)16/h3-5H,1-2H3. The van der Waals surface area contributed by atoms with Crippen LogP contribution in [0, 0.1) is 11.6 Å². The summed E-state index contributed by atoms with van der Waals surface area (Å²) in [4.78, 5) is 10.9. The zero-order chi connectivity index (χ0) is 14.1. The lowest BCUT2D eigenvalue weighted by atomic mass is 10.1. The molecule has 0 saturated heterocycles. The molecule has 100 valence electrons. The van der Waals surface area contributed by atoms with E-state index in [9.17, 15) is 26.7 Å². The van der Waals surface area contributed by atoms with Gasteiger partial charge in [0.25, 0.3) is 5.78 Å². The SMILES string of the molecule is CC(C)Oc1c(F)ccc(C(=O)C(F)(F)F)c1F. The number of hydrogen-bond acceptors (Lipinski definition) is 2. The first-order valence-electron chi connectivity index (χ1n) is 4.90. The van der Waals surface area contributed by atoms with E-state index in [0.29, 0.717) is 12.1 Å². The molecule has 0 fully saturated rings. The molecule has 0 heterocycles. The van der Waals surface area contributed by atoms with Crippen molar-refractivity contribution in [2.24, 2.45) is 0 Å². The average molecular weight is 268 g/mol. The van der Waals surface area contributed by atoms with Crippen LogP contribution in [0.1, 0.15) is 24.2 Å². The molecular formula is C11H9F5O2. The number of alkyl halides is 3. The number of ketones is 1. The van der Waals surface area contributed by atoms with Crippen LogP contribution in [0.2, 0.25) is 0 Å². The molecule has 1 aromatic rings. The number of rotatable bonds is 3. The Bertz CT molecular complexity index is 465. The number of benzene rings is 1. The lowest BCUT2D eigenvalue weighted by molar-refractivity contribution is -0.0887. The molecule has 7 heteroatoms. The lowest BCUT2D eigenvalue weighted by Crippen LogP contribution is -2.24. The van der Waals surface area contributed by atoms with Crippen LogP contribution in [-0.2, 0) is 0 Å². The topological polar surface area (TPSA) is 26.3 Å². The van der Waals surface area contributed by atoms with Gasteiger partial charge in [-0.1, -0.05) is 0 Å². The molecule has 0 amide bonds. The second-order valence-corrected chi connectivity index (χ2v) is 3.73. The first-order chi connectivity index (χ1) is 8.14. The summed E-state index contributed by atoms with van der Waals surface area (Å²) < 4.78 is 68.0. The molecule has 0 spiro atoms. The van der Waals surface area contributed by atoms with Gasteiger partial charge >= 0.3 is 6.18 Å². The molecule has 0 aliphatic carbocycles. The molecule has 1 rings (SSSR count). The van der Waals surface area contributed by atoms with Gasteiger partial charge in [0.05, 0.1) is 11.7 Å². The normalized spacial score (nSPS) is 11.8. The second-order valence-electron chi connectivity index (χ2n) is 3.73. The van der Waals surface area contributed by atoms with Crippen molar-refractivity contribution in [3.05, 3.63) is 29.3 Å². The summed E-state index contributed by atoms with van der Waals surface area (Å²) in [6, 6.07) is 0.993. The van der Waals surface area contributed by atoms with Gasteiger partial charge in [-0.2, -0.15) is 13.2 Å². The smallest absolute Gasteiger partial charge is 0.454 e. The van der Waals surface area contributed by atoms with Crippen LogP contribution < -0.4 is 4.74 Å². The fraction of sp³-hybridized carbons (Fsp3) is 0.364. The summed E-state index contributed by atoms with van der Waals surface area (Å²) in [5.74, 6) is -6.18. The van der Waals surface area contributed by atoms with E-state index < -0.39 is 41.0 Å². The third-order valence-corrected chi connectivity index (χ3v) is 1.90. The minimum atomic E-state index is -5.23. The Morgan fingerprint density at radius 2 is 1.78 bits per heavy atom. The number of Topliss-reactive ketones (excluding diaryl/α,β-unsaturated/α-hetero) is 1. The van der Waals surface area contributed by atoms with E-state index in [0.717, 1.165) is 0 Å². The molecule has 0 saturated carbocycles. The Hall–Kier alpha value is -1.66. The third-order valence-electron chi connectivity index (χ3n) is 1.90. The maximum atomic E-state index is 13.6. The predicted molar refractivity (Wildman–Crippen MR) is 52.5 cm³/mol. The molecule has 0 radical (unpaired) electrons. The monoisotopic (exact) mass is 268 g/mol. The van der Waals surface area contributed by atoms with E-state index in [1.807, 2.05) is 0 Å². The Morgan fingerprint density at radius 1 is 1.22 bits per heavy atom. The van der Waals surface area contributed by atoms with Gasteiger partial charge in [-0.05, 0) is 26.0 Å². The van der Waals surface area contributed by atoms with Gasteiger partial charge in [-0.15, -0.1) is 0 Å². The largest absolute Gasteiger partial charge is 0.485 e. The fourth-order valence-electron chi connectivity index (χ4n) is 1.20. The summed E-state index contributed by atoms with van der Waals surface area (Å²) in [6.07, 6.45) is -5.88. The van der Waals surface area contributed by atoms with Crippen LogP contribution in [0.15, 0.2) is 12.1 Å². The van der Waals surface area contributed by atoms with Crippen molar-refractivity contribution in [2.45, 2.75) is 26.1 Å². The highest BCUT2D eigenvalue weighted by atomic mass is 19.4. The van der Waals surface area contributed by atoms with Crippen LogP contribution in [0.4, 0.5) is 22.0 Å². The third kappa shape index (κ3) is 2.96. The second kappa shape index (κ2) is 4.91. The van der Waals surface area contributed by atoms with Crippen LogP contribution in [-0.4, -0.2) is 18.1 Å². The highest BCUT2D eigenvalue weighted by Crippen LogP contribution is 2.30. The quantitative estimate of drug-likeness (QED) is 0.619. The van der Waals surface area contributed by atoms with E-state index in [1.165, 1.54) is 13.8 Å². The van der Waals surface area contributed by atoms with E-state index in [4.69, 9.17) is 4.74 Å². The van der Waals surface area contributed by atoms with Gasteiger partial charge in [0, 0.05) is 0 Å². The van der Waals surface area contributed by atoms with Crippen molar-refractivity contribution < 1.29 is 31.5 Å². The molecule has 2 nitrogen and oxygen atoms in total. The maximum absolute atomic E-state index is 13.6. The van der Waals surface area contributed by atoms with Crippen LogP contribution >= 0.6 is 0 Å². The number of ether oxygens (including phenoxy) is 1. The predicted octanol–water partition coefficient (Wildman–Crippen LogP) is 3.50. The molecule has 0 bridgehead atoms. The minimum Gasteiger partial charge on any atom is -0.485 e. The van der Waals surface area contributed by atoms with Gasteiger partial charge in [0.1, 0.15) is 0 Å². The van der Waals surface area contributed by atoms with Crippen molar-refractivity contribution in [1.82, 2.24) is 0 Å². The van der Waals surface area contributed by atoms with E-state index >= 15 is 0 Å². The summed E-state index contributed by atoms with van der Waals surface area (Å²) in [6.45, 7) is 2.88. The molecule has 0 unspecified atom stereocenters. The lowest BCUT2D eigenvalue weighted by Gasteiger charge is -2.14. The first-order valence-corrected chi connectivity index (χ1v) is 4.90. The zero-order valence-electron chi connectivity index (χ0n) is 9.44. The first kappa shape index (κ1) is 14.4. The maximum Gasteiger partial charge on any atom is 0.454 e. The summed E-state index contributed by atoms with van der Waals surface area (Å²) in [5.41, 5.74) is -1.26. The van der Waals surface area contributed by atoms with E-state index in [-0.39, 0.29) is 0 Å². The zero-order valence-corrected chi connectivity index (χ0v) is 9.44. The molecule has 0 aliphatic heterocycles. The number of hydrogen-bond donors (Lipinski definition) is 0. The molecular weight excluding hydrogens is 259 g/mol. The summed E-state index contributed by atoms with van der Waals surface area (Å²) in [7, 11) is 0. The van der Waals surface area contributed by atoms with Gasteiger partial charge < -0.3 is 4.74 Å². The Kier molecular flexibility index (Phi) is 3.93. The minimum absolute atomic E-state index is 0.438. The Labute approximate surface area is 99.4 Å². The van der Waals surface area contributed by atoms with E-state index in [1.54, 1.807) is 0 Å². The van der Waals surface area contributed by atoms with Crippen molar-refractivity contribution in [3.63, 3.8) is 0 Å². The van der Waals surface area contributed by atoms with Gasteiger partial charge in [0.15, 0.2) is 17.4 Å². The van der Waals surface area contributed by atoms with Gasteiger partial charge in [0.2, 0.25) is 0 Å². The molecule has 18 heavy (non-hydrogen) atoms. The molecule has 0 aliphatic rings. The van der Waals surface area contributed by atoms with Crippen molar-refractivity contribution in [3.8, 4) is 5.75 Å². The van der Waals surface area contributed by atoms with Crippen molar-refractivity contribution in [2.75, 3.05) is 0 Å². The molecule has 0 atom stereocenters. The highest BCUT2D eigenvalue weighted by Gasteiger charge is 2.41. The number of carbonyl (C=O) groups excluding carboxylic acids is 1. The van der Waals surface area contributed by atoms with Gasteiger partial charge in [-0.3, -0.25) is 4.79 Å². The molecule has 0 N–H and O–H groups in total. The van der Waals surface area contributed by atoms with Crippen molar-refractivity contribution >= 4 is 5.78 Å². The molecule has 0 aromatic heterocycles. The number of halogens is 5. The molecule has 1 aromatic carbocycles. The van der Waals surface area contributed by atoms with Crippen molar-refractivity contribution in [1.29, 1.82) is 0 Å². The van der Waals surface area contributed by atoms with Crippen LogP contribution in [0.25, 0.3) is 0 Å².